The highest BCUT2D eigenvalue weighted by atomic mass is 35.5. The number of alkyl halides is 1. The molecule has 26 heavy (non-hydrogen) atoms. The number of methoxy groups -OCH3 is 1. The van der Waals surface area contributed by atoms with E-state index in [1.54, 1.807) is 12.0 Å². The number of ether oxygens (including phenoxy) is 2. The fraction of sp³-hybridized carbons (Fsp3) is 0.579. The quantitative estimate of drug-likeness (QED) is 0.588. The van der Waals surface area contributed by atoms with Gasteiger partial charge in [-0.05, 0) is 56.9 Å². The number of fused-ring (bicyclic) bond motifs is 1. The number of carbonyl (C=O) groups excluding carboxylic acids is 2. The lowest BCUT2D eigenvalue weighted by molar-refractivity contribution is -0.116. The van der Waals surface area contributed by atoms with Crippen LogP contribution in [0.1, 0.15) is 51.2 Å². The Balaban J connectivity index is 2.08. The van der Waals surface area contributed by atoms with Crippen molar-refractivity contribution >= 4 is 29.3 Å². The van der Waals surface area contributed by atoms with E-state index in [0.29, 0.717) is 36.8 Å². The summed E-state index contributed by atoms with van der Waals surface area (Å²) in [5.41, 5.74) is 2.06. The molecular weight excluding hydrogens is 356 g/mol. The fourth-order valence-electron chi connectivity index (χ4n) is 2.74. The van der Waals surface area contributed by atoms with Gasteiger partial charge in [0.1, 0.15) is 11.4 Å². The largest absolute Gasteiger partial charge is 0.495 e. The molecule has 1 aromatic rings. The van der Waals surface area contributed by atoms with Gasteiger partial charge in [-0.1, -0.05) is 0 Å². The normalized spacial score (nSPS) is 13.3. The minimum atomic E-state index is -0.536. The maximum absolute atomic E-state index is 12.3. The number of halogens is 1. The molecule has 2 rings (SSSR count). The fourth-order valence-corrected chi connectivity index (χ4v) is 2.93. The summed E-state index contributed by atoms with van der Waals surface area (Å²) in [6.07, 6.45) is 1.62. The van der Waals surface area contributed by atoms with Crippen molar-refractivity contribution in [3.8, 4) is 5.75 Å². The Kier molecular flexibility index (Phi) is 6.75. The molecule has 2 amide bonds. The first-order chi connectivity index (χ1) is 12.2. The van der Waals surface area contributed by atoms with Crippen molar-refractivity contribution in [3.63, 3.8) is 0 Å². The molecule has 0 saturated heterocycles. The summed E-state index contributed by atoms with van der Waals surface area (Å²) in [5, 5.41) is 2.89. The van der Waals surface area contributed by atoms with Crippen molar-refractivity contribution < 1.29 is 19.1 Å². The summed E-state index contributed by atoms with van der Waals surface area (Å²) in [5.74, 6) is 1.06. The summed E-state index contributed by atoms with van der Waals surface area (Å²) in [4.78, 5) is 26.0. The average Bonchev–Trinajstić information content (AvgIpc) is 2.95. The Morgan fingerprint density at radius 3 is 2.42 bits per heavy atom. The van der Waals surface area contributed by atoms with Crippen LogP contribution in [0.2, 0.25) is 0 Å². The summed E-state index contributed by atoms with van der Waals surface area (Å²) >= 11 is 5.64. The van der Waals surface area contributed by atoms with Gasteiger partial charge < -0.3 is 14.8 Å². The third-order valence-electron chi connectivity index (χ3n) is 3.96. The second kappa shape index (κ2) is 8.62. The van der Waals surface area contributed by atoms with Crippen molar-refractivity contribution in [2.75, 3.05) is 18.3 Å². The van der Waals surface area contributed by atoms with E-state index >= 15 is 0 Å². The number of nitrogens with one attached hydrogen (secondary N) is 1. The van der Waals surface area contributed by atoms with Gasteiger partial charge in [-0.3, -0.25) is 9.69 Å². The number of rotatable bonds is 6. The highest BCUT2D eigenvalue weighted by Gasteiger charge is 2.29. The minimum Gasteiger partial charge on any atom is -0.495 e. The standard InChI is InChI=1S/C19H27ClN2O4/c1-19(2,3)26-18(24)22-11-13-9-15(16(25-4)10-14(13)12-22)21-17(23)7-5-6-8-20/h9-10H,5-8,11-12H2,1-4H3,(H,21,23). The predicted molar refractivity (Wildman–Crippen MR) is 102 cm³/mol. The highest BCUT2D eigenvalue weighted by Crippen LogP contribution is 2.34. The Hall–Kier alpha value is -1.95. The topological polar surface area (TPSA) is 67.9 Å². The molecule has 1 N–H and O–H groups in total. The Bertz CT molecular complexity index is 670. The molecule has 0 aromatic heterocycles. The summed E-state index contributed by atoms with van der Waals surface area (Å²) < 4.78 is 10.8. The van der Waals surface area contributed by atoms with Gasteiger partial charge in [0.25, 0.3) is 0 Å². The monoisotopic (exact) mass is 382 g/mol. The second-order valence-corrected chi connectivity index (χ2v) is 7.73. The van der Waals surface area contributed by atoms with Crippen LogP contribution in [0.25, 0.3) is 0 Å². The van der Waals surface area contributed by atoms with Crippen LogP contribution in [-0.4, -0.2) is 35.5 Å². The first-order valence-corrected chi connectivity index (χ1v) is 9.30. The van der Waals surface area contributed by atoms with Gasteiger partial charge in [0.15, 0.2) is 0 Å². The Morgan fingerprint density at radius 1 is 1.19 bits per heavy atom. The smallest absolute Gasteiger partial charge is 0.410 e. The minimum absolute atomic E-state index is 0.0737. The van der Waals surface area contributed by atoms with Gasteiger partial charge >= 0.3 is 6.09 Å². The first-order valence-electron chi connectivity index (χ1n) is 8.77. The summed E-state index contributed by atoms with van der Waals surface area (Å²) in [6, 6.07) is 3.74. The molecule has 7 heteroatoms. The van der Waals surface area contributed by atoms with Gasteiger partial charge in [0.05, 0.1) is 12.8 Å². The van der Waals surface area contributed by atoms with E-state index in [-0.39, 0.29) is 12.0 Å². The first kappa shape index (κ1) is 20.4. The lowest BCUT2D eigenvalue weighted by Gasteiger charge is -2.24. The van der Waals surface area contributed by atoms with E-state index in [4.69, 9.17) is 21.1 Å². The van der Waals surface area contributed by atoms with E-state index in [1.807, 2.05) is 32.9 Å². The number of carbonyl (C=O) groups is 2. The number of amides is 2. The number of unbranched alkanes of at least 4 members (excludes halogenated alkanes) is 1. The average molecular weight is 383 g/mol. The number of hydrogen-bond acceptors (Lipinski definition) is 4. The van der Waals surface area contributed by atoms with Crippen LogP contribution in [0.5, 0.6) is 5.75 Å². The third kappa shape index (κ3) is 5.53. The summed E-state index contributed by atoms with van der Waals surface area (Å²) in [6.45, 7) is 6.44. The van der Waals surface area contributed by atoms with Crippen LogP contribution in [-0.2, 0) is 22.6 Å². The zero-order valence-electron chi connectivity index (χ0n) is 15.9. The Labute approximate surface area is 159 Å². The van der Waals surface area contributed by atoms with Gasteiger partial charge in [0.2, 0.25) is 5.91 Å². The number of benzene rings is 1. The molecule has 0 bridgehead atoms. The predicted octanol–water partition coefficient (Wildman–Crippen LogP) is 4.29. The van der Waals surface area contributed by atoms with Crippen LogP contribution in [0.3, 0.4) is 0 Å². The van der Waals surface area contributed by atoms with E-state index in [0.717, 1.165) is 24.0 Å². The SMILES string of the molecule is COc1cc2c(cc1NC(=O)CCCCCl)CN(C(=O)OC(C)(C)C)C2. The van der Waals surface area contributed by atoms with Crippen molar-refractivity contribution in [1.82, 2.24) is 4.90 Å². The molecular formula is C19H27ClN2O4. The van der Waals surface area contributed by atoms with Crippen LogP contribution < -0.4 is 10.1 Å². The maximum atomic E-state index is 12.3. The molecule has 6 nitrogen and oxygen atoms in total. The lowest BCUT2D eigenvalue weighted by Crippen LogP contribution is -2.33. The maximum Gasteiger partial charge on any atom is 0.410 e. The van der Waals surface area contributed by atoms with Gasteiger partial charge in [0, 0.05) is 25.4 Å². The number of nitrogens with zero attached hydrogens (tertiary/aromatic N) is 1. The molecule has 1 aliphatic rings. The van der Waals surface area contributed by atoms with Crippen LogP contribution in [0, 0.1) is 0 Å². The van der Waals surface area contributed by atoms with E-state index in [1.165, 1.54) is 0 Å². The van der Waals surface area contributed by atoms with E-state index in [9.17, 15) is 9.59 Å². The van der Waals surface area contributed by atoms with Crippen LogP contribution in [0.4, 0.5) is 10.5 Å². The molecule has 0 aliphatic carbocycles. The Morgan fingerprint density at radius 2 is 1.85 bits per heavy atom. The van der Waals surface area contributed by atoms with Gasteiger partial charge in [-0.15, -0.1) is 11.6 Å². The van der Waals surface area contributed by atoms with Crippen LogP contribution >= 0.6 is 11.6 Å². The number of hydrogen-bond donors (Lipinski definition) is 1. The molecule has 0 spiro atoms. The molecule has 144 valence electrons. The molecule has 1 aliphatic heterocycles. The van der Waals surface area contributed by atoms with Crippen LogP contribution in [0.15, 0.2) is 12.1 Å². The summed E-state index contributed by atoms with van der Waals surface area (Å²) in [7, 11) is 1.56. The van der Waals surface area contributed by atoms with Crippen molar-refractivity contribution in [2.45, 2.75) is 58.7 Å². The van der Waals surface area contributed by atoms with E-state index < -0.39 is 5.60 Å². The molecule has 1 aromatic carbocycles. The van der Waals surface area contributed by atoms with Gasteiger partial charge in [-0.25, -0.2) is 4.79 Å². The van der Waals surface area contributed by atoms with Crippen molar-refractivity contribution in [3.05, 3.63) is 23.3 Å². The van der Waals surface area contributed by atoms with Crippen molar-refractivity contribution in [1.29, 1.82) is 0 Å². The molecule has 0 radical (unpaired) electrons. The third-order valence-corrected chi connectivity index (χ3v) is 4.22. The molecule has 0 fully saturated rings. The van der Waals surface area contributed by atoms with E-state index in [2.05, 4.69) is 5.32 Å². The molecule has 0 saturated carbocycles. The lowest BCUT2D eigenvalue weighted by atomic mass is 10.1. The van der Waals surface area contributed by atoms with Crippen molar-refractivity contribution in [2.24, 2.45) is 0 Å². The molecule has 1 heterocycles. The molecule has 0 unspecified atom stereocenters. The number of anilines is 1. The van der Waals surface area contributed by atoms with Gasteiger partial charge in [-0.2, -0.15) is 0 Å². The highest BCUT2D eigenvalue weighted by molar-refractivity contribution is 6.17. The molecule has 0 atom stereocenters. The zero-order valence-corrected chi connectivity index (χ0v) is 16.6. The second-order valence-electron chi connectivity index (χ2n) is 7.35. The zero-order chi connectivity index (χ0) is 19.3.